The number of rotatable bonds is 2. The molecule has 0 bridgehead atoms. The van der Waals surface area contributed by atoms with Crippen molar-refractivity contribution in [1.82, 2.24) is 4.98 Å². The van der Waals surface area contributed by atoms with E-state index in [2.05, 4.69) is 0 Å². The predicted molar refractivity (Wildman–Crippen MR) is 46.0 cm³/mol. The maximum absolute atomic E-state index is 12.6. The molecule has 0 spiro atoms. The number of aromatic amines is 1. The smallest absolute Gasteiger partial charge is 0.419 e. The first-order chi connectivity index (χ1) is 7.16. The first kappa shape index (κ1) is 12.1. The number of halogens is 3. The molecule has 1 aromatic rings. The summed E-state index contributed by atoms with van der Waals surface area (Å²) < 4.78 is 37.7. The van der Waals surface area contributed by atoms with E-state index in [9.17, 15) is 22.8 Å². The van der Waals surface area contributed by atoms with Crippen LogP contribution in [0.15, 0.2) is 0 Å². The van der Waals surface area contributed by atoms with Crippen LogP contribution in [0.1, 0.15) is 32.1 Å². The molecule has 8 heteroatoms. The van der Waals surface area contributed by atoms with Crippen LogP contribution in [0.5, 0.6) is 0 Å². The minimum absolute atomic E-state index is 0.270. The summed E-state index contributed by atoms with van der Waals surface area (Å²) in [7, 11) is 0. The molecule has 0 aliphatic carbocycles. The molecule has 0 atom stereocenters. The monoisotopic (exact) mass is 236 g/mol. The van der Waals surface area contributed by atoms with Crippen molar-refractivity contribution in [2.24, 2.45) is 5.73 Å². The van der Waals surface area contributed by atoms with Gasteiger partial charge in [-0.25, -0.2) is 4.79 Å². The fourth-order valence-electron chi connectivity index (χ4n) is 1.36. The predicted octanol–water partition coefficient (Wildman–Crippen LogP) is 1.14. The molecule has 0 saturated heterocycles. The highest BCUT2D eigenvalue weighted by molar-refractivity contribution is 5.99. The van der Waals surface area contributed by atoms with Gasteiger partial charge in [-0.2, -0.15) is 13.2 Å². The van der Waals surface area contributed by atoms with E-state index in [4.69, 9.17) is 10.8 Å². The highest BCUT2D eigenvalue weighted by Gasteiger charge is 2.42. The molecule has 88 valence electrons. The van der Waals surface area contributed by atoms with Crippen molar-refractivity contribution in [3.05, 3.63) is 22.5 Å². The summed E-state index contributed by atoms with van der Waals surface area (Å²) in [5.41, 5.74) is 0.997. The van der Waals surface area contributed by atoms with Gasteiger partial charge in [0.25, 0.3) is 5.91 Å². The van der Waals surface area contributed by atoms with Gasteiger partial charge in [0.2, 0.25) is 0 Å². The van der Waals surface area contributed by atoms with E-state index in [1.54, 1.807) is 0 Å². The molecule has 0 aliphatic rings. The van der Waals surface area contributed by atoms with Gasteiger partial charge in [0.05, 0.1) is 5.56 Å². The molecular weight excluding hydrogens is 229 g/mol. The molecule has 4 N–H and O–H groups in total. The van der Waals surface area contributed by atoms with Crippen LogP contribution in [0.3, 0.4) is 0 Å². The molecule has 0 saturated carbocycles. The number of hydrogen-bond acceptors (Lipinski definition) is 2. The number of aromatic carboxylic acids is 1. The summed E-state index contributed by atoms with van der Waals surface area (Å²) in [6, 6.07) is 0. The molecule has 16 heavy (non-hydrogen) atoms. The number of carbonyl (C=O) groups excluding carboxylic acids is 1. The summed E-state index contributed by atoms with van der Waals surface area (Å²) in [6.07, 6.45) is -4.96. The third-order valence-corrected chi connectivity index (χ3v) is 1.93. The first-order valence-corrected chi connectivity index (χ1v) is 3.99. The Balaban J connectivity index is 3.63. The second-order valence-electron chi connectivity index (χ2n) is 3.04. The number of carbonyl (C=O) groups is 2. The van der Waals surface area contributed by atoms with E-state index < -0.39 is 34.9 Å². The number of aryl methyl sites for hydroxylation is 1. The molecule has 0 aromatic carbocycles. The number of H-pyrrole nitrogens is 1. The van der Waals surface area contributed by atoms with Crippen LogP contribution in [0, 0.1) is 6.92 Å². The standard InChI is InChI=1S/C8H7F3N2O3/c1-2-3(7(15)16)4(8(9,10)11)5(13-2)6(12)14/h13H,1H3,(H2,12,14)(H,15,16). The molecular formula is C8H7F3N2O3. The zero-order valence-corrected chi connectivity index (χ0v) is 7.97. The van der Waals surface area contributed by atoms with Crippen LogP contribution in [0.4, 0.5) is 13.2 Å². The van der Waals surface area contributed by atoms with Crippen molar-refractivity contribution in [3.8, 4) is 0 Å². The summed E-state index contributed by atoms with van der Waals surface area (Å²) in [4.78, 5) is 23.4. The Morgan fingerprint density at radius 2 is 1.88 bits per heavy atom. The van der Waals surface area contributed by atoms with Crippen molar-refractivity contribution < 1.29 is 27.9 Å². The number of hydrogen-bond donors (Lipinski definition) is 3. The number of primary amides is 1. The van der Waals surface area contributed by atoms with E-state index in [1.165, 1.54) is 0 Å². The van der Waals surface area contributed by atoms with Gasteiger partial charge in [0.1, 0.15) is 11.3 Å². The Labute approximate surface area is 87.1 Å². The number of carboxylic acid groups (broad SMARTS) is 1. The molecule has 0 fully saturated rings. The molecule has 1 aromatic heterocycles. The Hall–Kier alpha value is -1.99. The van der Waals surface area contributed by atoms with E-state index >= 15 is 0 Å². The van der Waals surface area contributed by atoms with Crippen molar-refractivity contribution in [1.29, 1.82) is 0 Å². The molecule has 0 radical (unpaired) electrons. The summed E-state index contributed by atoms with van der Waals surface area (Å²) in [5, 5.41) is 8.63. The summed E-state index contributed by atoms with van der Waals surface area (Å²) in [6.45, 7) is 1.12. The normalized spacial score (nSPS) is 11.5. The van der Waals surface area contributed by atoms with Gasteiger partial charge >= 0.3 is 12.1 Å². The van der Waals surface area contributed by atoms with Gasteiger partial charge in [0.15, 0.2) is 0 Å². The van der Waals surface area contributed by atoms with Crippen molar-refractivity contribution >= 4 is 11.9 Å². The number of nitrogens with one attached hydrogen (secondary N) is 1. The third kappa shape index (κ3) is 1.86. The number of nitrogens with two attached hydrogens (primary N) is 1. The first-order valence-electron chi connectivity index (χ1n) is 3.99. The number of alkyl halides is 3. The average molecular weight is 236 g/mol. The Kier molecular flexibility index (Phi) is 2.68. The van der Waals surface area contributed by atoms with Crippen LogP contribution in [0.25, 0.3) is 0 Å². The van der Waals surface area contributed by atoms with Crippen LogP contribution in [-0.2, 0) is 6.18 Å². The van der Waals surface area contributed by atoms with Gasteiger partial charge in [0, 0.05) is 5.69 Å². The second-order valence-corrected chi connectivity index (χ2v) is 3.04. The van der Waals surface area contributed by atoms with Crippen LogP contribution >= 0.6 is 0 Å². The zero-order chi connectivity index (χ0) is 12.7. The quantitative estimate of drug-likeness (QED) is 0.718. The minimum atomic E-state index is -4.96. The number of amides is 1. The highest BCUT2D eigenvalue weighted by Crippen LogP contribution is 2.36. The van der Waals surface area contributed by atoms with Gasteiger partial charge in [-0.1, -0.05) is 0 Å². The van der Waals surface area contributed by atoms with Gasteiger partial charge in [-0.05, 0) is 6.92 Å². The lowest BCUT2D eigenvalue weighted by molar-refractivity contribution is -0.138. The largest absolute Gasteiger partial charge is 0.478 e. The van der Waals surface area contributed by atoms with E-state index in [0.717, 1.165) is 6.92 Å². The van der Waals surface area contributed by atoms with E-state index in [1.807, 2.05) is 4.98 Å². The lowest BCUT2D eigenvalue weighted by Gasteiger charge is -2.07. The lowest BCUT2D eigenvalue weighted by atomic mass is 10.1. The summed E-state index contributed by atoms with van der Waals surface area (Å²) >= 11 is 0. The van der Waals surface area contributed by atoms with Crippen LogP contribution in [-0.4, -0.2) is 22.0 Å². The van der Waals surface area contributed by atoms with Crippen molar-refractivity contribution in [2.75, 3.05) is 0 Å². The molecule has 1 amide bonds. The van der Waals surface area contributed by atoms with Crippen molar-refractivity contribution in [2.45, 2.75) is 13.1 Å². The maximum Gasteiger partial charge on any atom is 0.419 e. The average Bonchev–Trinajstić information content (AvgIpc) is 2.41. The van der Waals surface area contributed by atoms with Gasteiger partial charge in [-0.15, -0.1) is 0 Å². The van der Waals surface area contributed by atoms with E-state index in [-0.39, 0.29) is 5.69 Å². The molecule has 1 heterocycles. The lowest BCUT2D eigenvalue weighted by Crippen LogP contribution is -2.20. The van der Waals surface area contributed by atoms with Gasteiger partial charge in [-0.3, -0.25) is 4.79 Å². The Morgan fingerprint density at radius 3 is 2.19 bits per heavy atom. The highest BCUT2D eigenvalue weighted by atomic mass is 19.4. The van der Waals surface area contributed by atoms with Crippen molar-refractivity contribution in [3.63, 3.8) is 0 Å². The number of carboxylic acids is 1. The second kappa shape index (κ2) is 3.54. The molecule has 1 rings (SSSR count). The Bertz CT molecular complexity index is 462. The van der Waals surface area contributed by atoms with Crippen LogP contribution < -0.4 is 5.73 Å². The Morgan fingerprint density at radius 1 is 1.38 bits per heavy atom. The van der Waals surface area contributed by atoms with E-state index in [0.29, 0.717) is 0 Å². The molecule has 0 aliphatic heterocycles. The minimum Gasteiger partial charge on any atom is -0.478 e. The van der Waals surface area contributed by atoms with Gasteiger partial charge < -0.3 is 15.8 Å². The topological polar surface area (TPSA) is 96.2 Å². The fraction of sp³-hybridized carbons (Fsp3) is 0.250. The molecule has 0 unspecified atom stereocenters. The number of aromatic nitrogens is 1. The summed E-state index contributed by atoms with van der Waals surface area (Å²) in [5.74, 6) is -3.13. The van der Waals surface area contributed by atoms with Crippen LogP contribution in [0.2, 0.25) is 0 Å². The zero-order valence-electron chi connectivity index (χ0n) is 7.97. The molecule has 5 nitrogen and oxygen atoms in total. The maximum atomic E-state index is 12.6. The fourth-order valence-corrected chi connectivity index (χ4v) is 1.36. The third-order valence-electron chi connectivity index (χ3n) is 1.93. The SMILES string of the molecule is Cc1[nH]c(C(N)=O)c(C(F)(F)F)c1C(=O)O.